The third-order valence-corrected chi connectivity index (χ3v) is 14.6. The molecule has 0 radical (unpaired) electrons. The number of hydrogen-bond donors (Lipinski definition) is 0. The Labute approximate surface area is 455 Å². The molecule has 0 aromatic rings. The zero-order chi connectivity index (χ0) is 52.9. The summed E-state index contributed by atoms with van der Waals surface area (Å²) < 4.78 is 16.9. The summed E-state index contributed by atoms with van der Waals surface area (Å²) >= 11 is 0. The summed E-state index contributed by atoms with van der Waals surface area (Å²) in [5.74, 6) is -0.869. The molecule has 0 spiro atoms. The van der Waals surface area contributed by atoms with E-state index in [1.807, 2.05) is 0 Å². The molecule has 0 bridgehead atoms. The van der Waals surface area contributed by atoms with E-state index < -0.39 is 6.10 Å². The van der Waals surface area contributed by atoms with Crippen molar-refractivity contribution in [2.45, 2.75) is 361 Å². The van der Waals surface area contributed by atoms with Gasteiger partial charge in [-0.15, -0.1) is 0 Å². The predicted octanol–water partition coefficient (Wildman–Crippen LogP) is 22.0. The van der Waals surface area contributed by atoms with Crippen LogP contribution in [0.15, 0.2) is 36.5 Å². The first-order chi connectivity index (χ1) is 36.0. The monoisotopic (exact) mass is 1020 g/mol. The quantitative estimate of drug-likeness (QED) is 0.0261. The fraction of sp³-hybridized carbons (Fsp3) is 0.866. The highest BCUT2D eigenvalue weighted by Crippen LogP contribution is 2.18. The largest absolute Gasteiger partial charge is 0.462 e. The van der Waals surface area contributed by atoms with Gasteiger partial charge in [0.15, 0.2) is 6.10 Å². The molecule has 6 heteroatoms. The summed E-state index contributed by atoms with van der Waals surface area (Å²) in [6.07, 6.45) is 75.8. The molecule has 1 atom stereocenters. The second kappa shape index (κ2) is 62.2. The molecule has 0 N–H and O–H groups in total. The molecule has 0 aliphatic heterocycles. The molecule has 0 unspecified atom stereocenters. The van der Waals surface area contributed by atoms with E-state index in [4.69, 9.17) is 14.2 Å². The van der Waals surface area contributed by atoms with Gasteiger partial charge in [0.25, 0.3) is 0 Å². The third kappa shape index (κ3) is 60.4. The molecule has 0 aliphatic rings. The fourth-order valence-electron chi connectivity index (χ4n) is 9.75. The van der Waals surface area contributed by atoms with Crippen LogP contribution in [0.1, 0.15) is 355 Å². The molecule has 0 amide bonds. The number of hydrogen-bond acceptors (Lipinski definition) is 6. The number of carbonyl (C=O) groups is 3. The Hall–Kier alpha value is -2.37. The first kappa shape index (κ1) is 70.6. The lowest BCUT2D eigenvalue weighted by Crippen LogP contribution is -2.30. The van der Waals surface area contributed by atoms with E-state index in [2.05, 4.69) is 57.2 Å². The molecule has 428 valence electrons. The molecule has 0 saturated heterocycles. The van der Waals surface area contributed by atoms with Crippen LogP contribution in [-0.4, -0.2) is 37.2 Å². The highest BCUT2D eigenvalue weighted by atomic mass is 16.6. The number of unbranched alkanes of at least 4 members (excludes halogenated alkanes) is 43. The Balaban J connectivity index is 4.35. The molecule has 0 heterocycles. The van der Waals surface area contributed by atoms with Crippen LogP contribution < -0.4 is 0 Å². The topological polar surface area (TPSA) is 78.9 Å². The molecule has 0 fully saturated rings. The Kier molecular flexibility index (Phi) is 60.2. The van der Waals surface area contributed by atoms with Gasteiger partial charge < -0.3 is 14.2 Å². The number of carbonyl (C=O) groups excluding carboxylic acids is 3. The number of esters is 3. The van der Waals surface area contributed by atoms with Gasteiger partial charge in [-0.2, -0.15) is 0 Å². The minimum absolute atomic E-state index is 0.0738. The molecule has 0 saturated carbocycles. The summed E-state index contributed by atoms with van der Waals surface area (Å²) in [7, 11) is 0. The second-order valence-electron chi connectivity index (χ2n) is 22.0. The fourth-order valence-corrected chi connectivity index (χ4v) is 9.75. The van der Waals surface area contributed by atoms with Crippen LogP contribution in [0.25, 0.3) is 0 Å². The van der Waals surface area contributed by atoms with Crippen molar-refractivity contribution in [1.82, 2.24) is 0 Å². The van der Waals surface area contributed by atoms with Crippen molar-refractivity contribution >= 4 is 17.9 Å². The first-order valence-corrected chi connectivity index (χ1v) is 32.5. The van der Waals surface area contributed by atoms with Gasteiger partial charge in [0.2, 0.25) is 0 Å². The van der Waals surface area contributed by atoms with E-state index in [9.17, 15) is 14.4 Å². The Morgan fingerprint density at radius 3 is 0.795 bits per heavy atom. The molecular formula is C67H124O6. The minimum Gasteiger partial charge on any atom is -0.462 e. The van der Waals surface area contributed by atoms with Crippen LogP contribution in [0.2, 0.25) is 0 Å². The van der Waals surface area contributed by atoms with Crippen molar-refractivity contribution in [3.63, 3.8) is 0 Å². The molecule has 0 aliphatic carbocycles. The maximum atomic E-state index is 12.9. The minimum atomic E-state index is -0.778. The van der Waals surface area contributed by atoms with Crippen molar-refractivity contribution in [2.24, 2.45) is 0 Å². The average molecular weight is 1030 g/mol. The van der Waals surface area contributed by atoms with E-state index in [0.717, 1.165) is 83.5 Å². The highest BCUT2D eigenvalue weighted by Gasteiger charge is 2.19. The van der Waals surface area contributed by atoms with Crippen LogP contribution in [0.4, 0.5) is 0 Å². The van der Waals surface area contributed by atoms with E-state index in [1.54, 1.807) is 0 Å². The number of ether oxygens (including phenoxy) is 3. The van der Waals surface area contributed by atoms with E-state index in [0.29, 0.717) is 19.3 Å². The summed E-state index contributed by atoms with van der Waals surface area (Å²) in [5, 5.41) is 0. The zero-order valence-electron chi connectivity index (χ0n) is 49.2. The van der Waals surface area contributed by atoms with Gasteiger partial charge in [-0.05, 0) is 57.8 Å². The molecule has 0 rings (SSSR count). The maximum Gasteiger partial charge on any atom is 0.306 e. The summed E-state index contributed by atoms with van der Waals surface area (Å²) in [5.41, 5.74) is 0. The highest BCUT2D eigenvalue weighted by molar-refractivity contribution is 5.71. The van der Waals surface area contributed by atoms with Crippen LogP contribution in [0.3, 0.4) is 0 Å². The van der Waals surface area contributed by atoms with Crippen molar-refractivity contribution in [1.29, 1.82) is 0 Å². The van der Waals surface area contributed by atoms with Gasteiger partial charge in [-0.25, -0.2) is 0 Å². The molecule has 0 aromatic carbocycles. The van der Waals surface area contributed by atoms with Crippen molar-refractivity contribution in [3.8, 4) is 0 Å². The van der Waals surface area contributed by atoms with Gasteiger partial charge in [0.1, 0.15) is 13.2 Å². The Morgan fingerprint density at radius 2 is 0.493 bits per heavy atom. The van der Waals surface area contributed by atoms with Crippen LogP contribution in [0, 0.1) is 0 Å². The molecular weight excluding hydrogens is 901 g/mol. The second-order valence-corrected chi connectivity index (χ2v) is 22.0. The van der Waals surface area contributed by atoms with Crippen molar-refractivity contribution in [3.05, 3.63) is 36.5 Å². The number of rotatable bonds is 60. The summed E-state index contributed by atoms with van der Waals surface area (Å²) in [6, 6.07) is 0. The lowest BCUT2D eigenvalue weighted by molar-refractivity contribution is -0.167. The maximum absolute atomic E-state index is 12.9. The SMILES string of the molecule is CCCCC/C=C\C/C=C\C/C=C\CCCCCCC(=O)OC[C@H](COC(=O)CCCCCCCCCCCCCCCCCCCCC)OC(=O)CCCCCCCCCCCCCCCCCCCCC. The summed E-state index contributed by atoms with van der Waals surface area (Å²) in [4.78, 5) is 38.3. The van der Waals surface area contributed by atoms with Crippen molar-refractivity contribution < 1.29 is 28.6 Å². The molecule has 0 aromatic heterocycles. The first-order valence-electron chi connectivity index (χ1n) is 32.5. The third-order valence-electron chi connectivity index (χ3n) is 14.6. The standard InChI is InChI=1S/C67H124O6/c1-4-7-10-13-16-19-22-25-28-31-33-36-39-42-45-48-51-54-57-60-66(69)72-63-64(62-71-65(68)59-56-53-50-47-44-41-38-35-30-27-24-21-18-15-12-9-6-3)73-67(70)61-58-55-52-49-46-43-40-37-34-32-29-26-23-20-17-14-11-8-5-2/h18,21,27,30,38,41,64H,4-17,19-20,22-26,28-29,31-37,39-40,42-63H2,1-3H3/b21-18-,30-27-,41-38-/t64-/m1/s1. The smallest absolute Gasteiger partial charge is 0.306 e. The molecule has 73 heavy (non-hydrogen) atoms. The van der Waals surface area contributed by atoms with Crippen LogP contribution in [0.5, 0.6) is 0 Å². The summed E-state index contributed by atoms with van der Waals surface area (Å²) in [6.45, 7) is 6.66. The average Bonchev–Trinajstić information content (AvgIpc) is 3.39. The van der Waals surface area contributed by atoms with E-state index in [-0.39, 0.29) is 31.1 Å². The van der Waals surface area contributed by atoms with E-state index >= 15 is 0 Å². The van der Waals surface area contributed by atoms with Crippen LogP contribution >= 0.6 is 0 Å². The van der Waals surface area contributed by atoms with Crippen molar-refractivity contribution in [2.75, 3.05) is 13.2 Å². The van der Waals surface area contributed by atoms with Gasteiger partial charge in [0, 0.05) is 19.3 Å². The molecule has 6 nitrogen and oxygen atoms in total. The van der Waals surface area contributed by atoms with Gasteiger partial charge in [-0.3, -0.25) is 14.4 Å². The van der Waals surface area contributed by atoms with Gasteiger partial charge in [-0.1, -0.05) is 314 Å². The number of allylic oxidation sites excluding steroid dienone is 6. The van der Waals surface area contributed by atoms with E-state index in [1.165, 1.54) is 231 Å². The Bertz CT molecular complexity index is 1220. The lowest BCUT2D eigenvalue weighted by atomic mass is 10.0. The normalized spacial score (nSPS) is 12.2. The van der Waals surface area contributed by atoms with Gasteiger partial charge >= 0.3 is 17.9 Å². The Morgan fingerprint density at radius 1 is 0.274 bits per heavy atom. The predicted molar refractivity (Wildman–Crippen MR) is 316 cm³/mol. The lowest BCUT2D eigenvalue weighted by Gasteiger charge is -2.18. The van der Waals surface area contributed by atoms with Crippen LogP contribution in [-0.2, 0) is 28.6 Å². The van der Waals surface area contributed by atoms with Gasteiger partial charge in [0.05, 0.1) is 0 Å². The zero-order valence-corrected chi connectivity index (χ0v) is 49.2.